The van der Waals surface area contributed by atoms with Crippen LogP contribution in [0.25, 0.3) is 0 Å². The van der Waals surface area contributed by atoms with Gasteiger partial charge in [0.1, 0.15) is 17.2 Å². The molecule has 6 nitrogen and oxygen atoms in total. The Morgan fingerprint density at radius 1 is 1.04 bits per heavy atom. The van der Waals surface area contributed by atoms with E-state index in [1.807, 2.05) is 0 Å². The van der Waals surface area contributed by atoms with Gasteiger partial charge >= 0.3 is 0 Å². The smallest absolute Gasteiger partial charge is 0.260 e. The van der Waals surface area contributed by atoms with Gasteiger partial charge in [-0.3, -0.25) is 4.79 Å². The van der Waals surface area contributed by atoms with Crippen molar-refractivity contribution in [2.24, 2.45) is 0 Å². The second kappa shape index (κ2) is 6.91. The van der Waals surface area contributed by atoms with Crippen molar-refractivity contribution in [3.8, 4) is 0 Å². The van der Waals surface area contributed by atoms with Crippen molar-refractivity contribution in [1.82, 2.24) is 25.0 Å². The lowest BCUT2D eigenvalue weighted by molar-refractivity contribution is 0.0697. The summed E-state index contributed by atoms with van der Waals surface area (Å²) in [6.07, 6.45) is 1.05. The summed E-state index contributed by atoms with van der Waals surface area (Å²) in [4.78, 5) is 13.7. The Hall–Kier alpha value is -2.49. The van der Waals surface area contributed by atoms with Crippen LogP contribution in [0.1, 0.15) is 40.8 Å². The Morgan fingerprint density at radius 2 is 1.70 bits per heavy atom. The van der Waals surface area contributed by atoms with Gasteiger partial charge in [-0.15, -0.1) is 10.2 Å². The number of carbonyl (C=O) groups excluding carboxylic acids is 1. The molecule has 4 rings (SSSR count). The summed E-state index contributed by atoms with van der Waals surface area (Å²) < 4.78 is 56.6. The Labute approximate surface area is 152 Å². The molecule has 1 fully saturated rings. The van der Waals surface area contributed by atoms with Crippen LogP contribution in [0.2, 0.25) is 0 Å². The Bertz CT molecular complexity index is 866. The molecule has 0 radical (unpaired) electrons. The van der Waals surface area contributed by atoms with Crippen LogP contribution in [0, 0.1) is 23.3 Å². The van der Waals surface area contributed by atoms with Crippen LogP contribution in [0.3, 0.4) is 0 Å². The van der Waals surface area contributed by atoms with Gasteiger partial charge in [-0.2, -0.15) is 0 Å². The van der Waals surface area contributed by atoms with Gasteiger partial charge in [0.2, 0.25) is 0 Å². The molecule has 1 aromatic carbocycles. The first-order valence-corrected chi connectivity index (χ1v) is 8.72. The van der Waals surface area contributed by atoms with Crippen LogP contribution < -0.4 is 5.32 Å². The van der Waals surface area contributed by atoms with Crippen molar-refractivity contribution in [2.45, 2.75) is 31.8 Å². The fraction of sp³-hybridized carbons (Fsp3) is 0.471. The van der Waals surface area contributed by atoms with Gasteiger partial charge in [0.25, 0.3) is 5.91 Å². The van der Waals surface area contributed by atoms with Gasteiger partial charge in [0.15, 0.2) is 23.3 Å². The molecule has 10 heteroatoms. The number of carbonyl (C=O) groups is 1. The van der Waals surface area contributed by atoms with Gasteiger partial charge in [-0.25, -0.2) is 17.6 Å². The lowest BCUT2D eigenvalue weighted by Gasteiger charge is -2.32. The number of aromatic nitrogens is 3. The predicted molar refractivity (Wildman–Crippen MR) is 85.9 cm³/mol. The van der Waals surface area contributed by atoms with E-state index in [4.69, 9.17) is 0 Å². The lowest BCUT2D eigenvalue weighted by atomic mass is 9.95. The van der Waals surface area contributed by atoms with E-state index >= 15 is 0 Å². The summed E-state index contributed by atoms with van der Waals surface area (Å²) in [5, 5.41) is 11.6. The molecule has 144 valence electrons. The predicted octanol–water partition coefficient (Wildman–Crippen LogP) is 1.96. The molecule has 0 unspecified atom stereocenters. The molecule has 0 bridgehead atoms. The first kappa shape index (κ1) is 17.9. The van der Waals surface area contributed by atoms with Crippen LogP contribution in [-0.4, -0.2) is 45.2 Å². The summed E-state index contributed by atoms with van der Waals surface area (Å²) in [7, 11) is 0. The topological polar surface area (TPSA) is 63.1 Å². The number of benzene rings is 1. The van der Waals surface area contributed by atoms with Crippen LogP contribution in [-0.2, 0) is 13.1 Å². The molecule has 3 heterocycles. The zero-order chi connectivity index (χ0) is 19.1. The fourth-order valence-corrected chi connectivity index (χ4v) is 3.68. The van der Waals surface area contributed by atoms with Crippen LogP contribution in [0.5, 0.6) is 0 Å². The van der Waals surface area contributed by atoms with Gasteiger partial charge in [0, 0.05) is 38.2 Å². The molecule has 0 aliphatic carbocycles. The van der Waals surface area contributed by atoms with E-state index in [1.54, 1.807) is 0 Å². The summed E-state index contributed by atoms with van der Waals surface area (Å²) in [5.41, 5.74) is -1.18. The van der Waals surface area contributed by atoms with E-state index in [1.165, 1.54) is 4.90 Å². The maximum atomic E-state index is 13.9. The highest BCUT2D eigenvalue weighted by Gasteiger charge is 2.33. The maximum Gasteiger partial charge on any atom is 0.260 e. The standard InChI is InChI=1S/C17H17F4N5O/c18-10-7-11(19)15(21)13(14(10)20)17(27)25-4-1-9(2-5-25)16-24-23-12-8-22-3-6-26(12)16/h7,9,22H,1-6,8H2. The first-order valence-electron chi connectivity index (χ1n) is 8.72. The first-order chi connectivity index (χ1) is 13.0. The second-order valence-corrected chi connectivity index (χ2v) is 6.71. The third-order valence-electron chi connectivity index (χ3n) is 5.12. The highest BCUT2D eigenvalue weighted by Crippen LogP contribution is 2.29. The number of nitrogens with one attached hydrogen (secondary N) is 1. The molecule has 0 spiro atoms. The van der Waals surface area contributed by atoms with E-state index in [-0.39, 0.29) is 25.1 Å². The Morgan fingerprint density at radius 3 is 2.37 bits per heavy atom. The molecule has 0 saturated carbocycles. The summed E-state index contributed by atoms with van der Waals surface area (Å²) >= 11 is 0. The molecule has 2 aliphatic heterocycles. The van der Waals surface area contributed by atoms with Gasteiger partial charge < -0.3 is 14.8 Å². The van der Waals surface area contributed by atoms with Gasteiger partial charge in [-0.1, -0.05) is 0 Å². The van der Waals surface area contributed by atoms with Crippen molar-refractivity contribution >= 4 is 5.91 Å². The number of hydrogen-bond donors (Lipinski definition) is 1. The second-order valence-electron chi connectivity index (χ2n) is 6.71. The summed E-state index contributed by atoms with van der Waals surface area (Å²) in [5.74, 6) is -5.80. The van der Waals surface area contributed by atoms with E-state index in [9.17, 15) is 22.4 Å². The highest BCUT2D eigenvalue weighted by molar-refractivity contribution is 5.95. The zero-order valence-electron chi connectivity index (χ0n) is 14.3. The number of nitrogens with zero attached hydrogens (tertiary/aromatic N) is 4. The molecule has 0 atom stereocenters. The monoisotopic (exact) mass is 383 g/mol. The number of halogens is 4. The molecule has 27 heavy (non-hydrogen) atoms. The normalized spacial score (nSPS) is 17.9. The highest BCUT2D eigenvalue weighted by atomic mass is 19.2. The maximum absolute atomic E-state index is 13.9. The molecular formula is C17H17F4N5O. The third-order valence-corrected chi connectivity index (χ3v) is 5.12. The lowest BCUT2D eigenvalue weighted by Crippen LogP contribution is -2.39. The molecule has 2 aromatic rings. The minimum absolute atomic E-state index is 0.0624. The van der Waals surface area contributed by atoms with Gasteiger partial charge in [0.05, 0.1) is 6.54 Å². The third kappa shape index (κ3) is 3.07. The van der Waals surface area contributed by atoms with E-state index in [2.05, 4.69) is 20.1 Å². The van der Waals surface area contributed by atoms with Crippen LogP contribution >= 0.6 is 0 Å². The van der Waals surface area contributed by atoms with Crippen molar-refractivity contribution in [2.75, 3.05) is 19.6 Å². The number of piperidine rings is 1. The molecule has 1 amide bonds. The minimum Gasteiger partial charge on any atom is -0.338 e. The van der Waals surface area contributed by atoms with Crippen molar-refractivity contribution in [3.63, 3.8) is 0 Å². The van der Waals surface area contributed by atoms with E-state index in [0.717, 1.165) is 24.7 Å². The largest absolute Gasteiger partial charge is 0.338 e. The molecule has 2 aliphatic rings. The van der Waals surface area contributed by atoms with Gasteiger partial charge in [-0.05, 0) is 12.8 Å². The number of fused-ring (bicyclic) bond motifs is 1. The Kier molecular flexibility index (Phi) is 4.58. The zero-order valence-corrected chi connectivity index (χ0v) is 14.3. The molecule has 1 aromatic heterocycles. The SMILES string of the molecule is O=C(c1c(F)c(F)cc(F)c1F)N1CCC(c2nnc3n2CCNC3)CC1. The molecular weight excluding hydrogens is 366 g/mol. The average Bonchev–Trinajstić information content (AvgIpc) is 3.11. The van der Waals surface area contributed by atoms with Crippen LogP contribution in [0.15, 0.2) is 6.07 Å². The fourth-order valence-electron chi connectivity index (χ4n) is 3.68. The van der Waals surface area contributed by atoms with Crippen molar-refractivity contribution < 1.29 is 22.4 Å². The number of amides is 1. The summed E-state index contributed by atoms with van der Waals surface area (Å²) in [6.45, 7) is 2.64. The quantitative estimate of drug-likeness (QED) is 0.636. The number of likely N-dealkylation sites (tertiary alicyclic amines) is 1. The molecule has 1 saturated heterocycles. The molecule has 1 N–H and O–H groups in total. The van der Waals surface area contributed by atoms with E-state index in [0.29, 0.717) is 19.4 Å². The van der Waals surface area contributed by atoms with Crippen molar-refractivity contribution in [3.05, 3.63) is 46.5 Å². The summed E-state index contributed by atoms with van der Waals surface area (Å²) in [6, 6.07) is 0.0942. The van der Waals surface area contributed by atoms with Crippen LogP contribution in [0.4, 0.5) is 17.6 Å². The van der Waals surface area contributed by atoms with E-state index < -0.39 is 34.7 Å². The number of hydrogen-bond acceptors (Lipinski definition) is 4. The minimum atomic E-state index is -1.67. The average molecular weight is 383 g/mol. The van der Waals surface area contributed by atoms with Crippen molar-refractivity contribution in [1.29, 1.82) is 0 Å². The Balaban J connectivity index is 1.50. The number of rotatable bonds is 2.